The summed E-state index contributed by atoms with van der Waals surface area (Å²) in [6.45, 7) is 2.94. The number of guanidine groups is 1. The van der Waals surface area contributed by atoms with Gasteiger partial charge in [-0.05, 0) is 50.2 Å². The maximum Gasteiger partial charge on any atom is 0.243 e. The second kappa shape index (κ2) is 12.5. The van der Waals surface area contributed by atoms with Crippen molar-refractivity contribution < 1.29 is 9.21 Å². The zero-order chi connectivity index (χ0) is 19.6. The Balaban J connectivity index is 0.00000300. The molecule has 0 aliphatic carbocycles. The molecule has 3 N–H and O–H groups in total. The first-order chi connectivity index (χ1) is 13.8. The normalized spacial score (nSPS) is 15.8. The number of anilines is 1. The Labute approximate surface area is 189 Å². The number of halogens is 1. The number of furan rings is 1. The van der Waals surface area contributed by atoms with Crippen LogP contribution in [0.1, 0.15) is 31.1 Å². The highest BCUT2D eigenvalue weighted by Gasteiger charge is 2.24. The molecule has 1 aromatic heterocycles. The van der Waals surface area contributed by atoms with E-state index in [2.05, 4.69) is 25.8 Å². The van der Waals surface area contributed by atoms with E-state index < -0.39 is 0 Å². The van der Waals surface area contributed by atoms with Gasteiger partial charge < -0.3 is 20.4 Å². The van der Waals surface area contributed by atoms with E-state index in [1.54, 1.807) is 13.3 Å². The van der Waals surface area contributed by atoms with Gasteiger partial charge in [0.15, 0.2) is 5.96 Å². The summed E-state index contributed by atoms with van der Waals surface area (Å²) >= 11 is 0. The number of para-hydroxylation sites is 1. The van der Waals surface area contributed by atoms with Crippen LogP contribution in [0.25, 0.3) is 0 Å². The van der Waals surface area contributed by atoms with Crippen molar-refractivity contribution in [3.05, 3.63) is 54.5 Å². The molecule has 1 amide bonds. The zero-order valence-electron chi connectivity index (χ0n) is 16.8. The molecule has 3 rings (SSSR count). The summed E-state index contributed by atoms with van der Waals surface area (Å²) in [5, 5.41) is 9.26. The average Bonchev–Trinajstić information content (AvgIpc) is 3.26. The minimum Gasteiger partial charge on any atom is -0.468 e. The van der Waals surface area contributed by atoms with Crippen molar-refractivity contribution >= 4 is 41.5 Å². The van der Waals surface area contributed by atoms with Gasteiger partial charge in [-0.25, -0.2) is 0 Å². The van der Waals surface area contributed by atoms with Crippen LogP contribution < -0.4 is 16.0 Å². The lowest BCUT2D eigenvalue weighted by Gasteiger charge is -2.33. The highest BCUT2D eigenvalue weighted by atomic mass is 127. The minimum absolute atomic E-state index is 0. The van der Waals surface area contributed by atoms with Crippen LogP contribution in [0.2, 0.25) is 0 Å². The Morgan fingerprint density at radius 3 is 2.52 bits per heavy atom. The van der Waals surface area contributed by atoms with Gasteiger partial charge in [0, 0.05) is 19.3 Å². The molecule has 0 bridgehead atoms. The molecule has 0 spiro atoms. The number of rotatable bonds is 7. The largest absolute Gasteiger partial charge is 0.468 e. The number of hydrogen-bond acceptors (Lipinski definition) is 4. The third-order valence-corrected chi connectivity index (χ3v) is 4.86. The molecule has 1 aliphatic heterocycles. The second-order valence-electron chi connectivity index (χ2n) is 6.85. The van der Waals surface area contributed by atoms with Crippen molar-refractivity contribution in [2.45, 2.75) is 25.3 Å². The van der Waals surface area contributed by atoms with Crippen LogP contribution in [-0.2, 0) is 4.79 Å². The molecule has 158 valence electrons. The zero-order valence-corrected chi connectivity index (χ0v) is 19.1. The van der Waals surface area contributed by atoms with E-state index >= 15 is 0 Å². The number of nitrogens with zero attached hydrogens (tertiary/aromatic N) is 2. The van der Waals surface area contributed by atoms with Crippen molar-refractivity contribution in [2.24, 2.45) is 4.99 Å². The fourth-order valence-corrected chi connectivity index (χ4v) is 3.43. The van der Waals surface area contributed by atoms with Gasteiger partial charge >= 0.3 is 0 Å². The Morgan fingerprint density at radius 2 is 1.86 bits per heavy atom. The second-order valence-corrected chi connectivity index (χ2v) is 6.85. The van der Waals surface area contributed by atoms with Crippen molar-refractivity contribution in [1.82, 2.24) is 15.5 Å². The fourth-order valence-electron chi connectivity index (χ4n) is 3.43. The number of carbonyl (C=O) groups excluding carboxylic acids is 1. The smallest absolute Gasteiger partial charge is 0.243 e. The van der Waals surface area contributed by atoms with E-state index in [1.165, 1.54) is 19.3 Å². The summed E-state index contributed by atoms with van der Waals surface area (Å²) in [5.74, 6) is 1.43. The third kappa shape index (κ3) is 7.36. The van der Waals surface area contributed by atoms with Crippen LogP contribution in [-0.4, -0.2) is 50.0 Å². The third-order valence-electron chi connectivity index (χ3n) is 4.86. The summed E-state index contributed by atoms with van der Waals surface area (Å²) in [6.07, 6.45) is 5.43. The van der Waals surface area contributed by atoms with E-state index in [0.29, 0.717) is 12.5 Å². The van der Waals surface area contributed by atoms with Gasteiger partial charge in [0.05, 0.1) is 18.8 Å². The predicted octanol–water partition coefficient (Wildman–Crippen LogP) is 3.23. The first kappa shape index (κ1) is 23.2. The molecule has 1 saturated heterocycles. The van der Waals surface area contributed by atoms with Gasteiger partial charge in [-0.3, -0.25) is 14.7 Å². The Hall–Kier alpha value is -2.07. The first-order valence-corrected chi connectivity index (χ1v) is 9.83. The Morgan fingerprint density at radius 1 is 1.10 bits per heavy atom. The quantitative estimate of drug-likeness (QED) is 0.302. The molecular formula is C21H30IN5O2. The van der Waals surface area contributed by atoms with Crippen LogP contribution >= 0.6 is 24.0 Å². The van der Waals surface area contributed by atoms with Crippen LogP contribution in [0.3, 0.4) is 0 Å². The van der Waals surface area contributed by atoms with Crippen molar-refractivity contribution in [3.63, 3.8) is 0 Å². The Bertz CT molecular complexity index is 746. The molecule has 1 aromatic carbocycles. The summed E-state index contributed by atoms with van der Waals surface area (Å²) in [4.78, 5) is 18.8. The van der Waals surface area contributed by atoms with E-state index in [4.69, 9.17) is 4.42 Å². The van der Waals surface area contributed by atoms with Gasteiger partial charge in [0.2, 0.25) is 5.91 Å². The molecule has 1 fully saturated rings. The molecule has 0 saturated carbocycles. The maximum absolute atomic E-state index is 12.1. The SMILES string of the molecule is CN=C(NCC(=O)Nc1ccccc1)NCC(c1ccco1)N1CCCCC1.I. The number of amides is 1. The van der Waals surface area contributed by atoms with Crippen molar-refractivity contribution in [2.75, 3.05) is 38.5 Å². The van der Waals surface area contributed by atoms with E-state index in [1.807, 2.05) is 42.5 Å². The van der Waals surface area contributed by atoms with E-state index in [-0.39, 0.29) is 42.5 Å². The molecule has 7 nitrogen and oxygen atoms in total. The lowest BCUT2D eigenvalue weighted by molar-refractivity contribution is -0.115. The summed E-state index contributed by atoms with van der Waals surface area (Å²) in [5.41, 5.74) is 0.778. The van der Waals surface area contributed by atoms with Gasteiger partial charge in [0.25, 0.3) is 0 Å². The molecule has 1 unspecified atom stereocenters. The van der Waals surface area contributed by atoms with Gasteiger partial charge in [-0.15, -0.1) is 24.0 Å². The van der Waals surface area contributed by atoms with Crippen LogP contribution in [0.4, 0.5) is 5.69 Å². The molecule has 1 atom stereocenters. The molecule has 8 heteroatoms. The predicted molar refractivity (Wildman–Crippen MR) is 127 cm³/mol. The highest BCUT2D eigenvalue weighted by Crippen LogP contribution is 2.24. The number of carbonyl (C=O) groups is 1. The summed E-state index contributed by atoms with van der Waals surface area (Å²) in [6, 6.07) is 13.5. The lowest BCUT2D eigenvalue weighted by Crippen LogP contribution is -2.46. The standard InChI is InChI=1S/C21H29N5O2.HI/c1-22-21(24-16-20(27)25-17-9-4-2-5-10-17)23-15-18(19-11-8-14-28-19)26-12-6-3-7-13-26;/h2,4-5,8-11,14,18H,3,6-7,12-13,15-16H2,1H3,(H,25,27)(H2,22,23,24);1H. The Kier molecular flexibility index (Phi) is 9.99. The number of likely N-dealkylation sites (tertiary alicyclic amines) is 1. The summed E-state index contributed by atoms with van der Waals surface area (Å²) < 4.78 is 5.67. The number of aliphatic imine (C=N–C) groups is 1. The topological polar surface area (TPSA) is 81.9 Å². The van der Waals surface area contributed by atoms with Gasteiger partial charge in [-0.1, -0.05) is 24.6 Å². The molecular weight excluding hydrogens is 481 g/mol. The molecule has 0 radical (unpaired) electrons. The number of benzene rings is 1. The molecule has 29 heavy (non-hydrogen) atoms. The fraction of sp³-hybridized carbons (Fsp3) is 0.429. The first-order valence-electron chi connectivity index (χ1n) is 9.83. The van der Waals surface area contributed by atoms with E-state index in [9.17, 15) is 4.79 Å². The molecule has 2 heterocycles. The van der Waals surface area contributed by atoms with Gasteiger partial charge in [-0.2, -0.15) is 0 Å². The monoisotopic (exact) mass is 511 g/mol. The molecule has 1 aliphatic rings. The van der Waals surface area contributed by atoms with Crippen LogP contribution in [0, 0.1) is 0 Å². The molecule has 2 aromatic rings. The lowest BCUT2D eigenvalue weighted by atomic mass is 10.1. The van der Waals surface area contributed by atoms with E-state index in [0.717, 1.165) is 24.5 Å². The highest BCUT2D eigenvalue weighted by molar-refractivity contribution is 14.0. The number of nitrogens with one attached hydrogen (secondary N) is 3. The average molecular weight is 511 g/mol. The maximum atomic E-state index is 12.1. The van der Waals surface area contributed by atoms with Crippen LogP contribution in [0.5, 0.6) is 0 Å². The number of piperidine rings is 1. The van der Waals surface area contributed by atoms with Crippen LogP contribution in [0.15, 0.2) is 58.1 Å². The van der Waals surface area contributed by atoms with Gasteiger partial charge in [0.1, 0.15) is 5.76 Å². The van der Waals surface area contributed by atoms with Crippen molar-refractivity contribution in [3.8, 4) is 0 Å². The van der Waals surface area contributed by atoms with Crippen molar-refractivity contribution in [1.29, 1.82) is 0 Å². The number of hydrogen-bond donors (Lipinski definition) is 3. The minimum atomic E-state index is -0.118. The summed E-state index contributed by atoms with van der Waals surface area (Å²) in [7, 11) is 1.70.